The molecular formula is C38H44O4Si2. The standard InChI is InChI=1S/C38H44O4Si2/c1-37(2,3)43(30-19-11-7-12-20-30,31-21-13-8-14-22-31)41-29-35-36(34(39)27-28-40-35)42-44(38(4,5)6,32-23-15-9-16-24-32)33-25-17-10-18-26-33/h7-28,35-36H,29H2,1-6H3/t35-,36-/m1/s1. The summed E-state index contributed by atoms with van der Waals surface area (Å²) in [5.74, 6) is -0.0970. The van der Waals surface area contributed by atoms with Gasteiger partial charge in [0.1, 0.15) is 6.10 Å². The minimum Gasteiger partial charge on any atom is -0.492 e. The molecule has 6 heteroatoms. The van der Waals surface area contributed by atoms with Crippen LogP contribution in [0.3, 0.4) is 0 Å². The van der Waals surface area contributed by atoms with Crippen molar-refractivity contribution in [3.05, 3.63) is 134 Å². The van der Waals surface area contributed by atoms with Gasteiger partial charge in [0.05, 0.1) is 12.9 Å². The quantitative estimate of drug-likeness (QED) is 0.216. The lowest BCUT2D eigenvalue weighted by Gasteiger charge is -2.47. The normalized spacial score (nSPS) is 17.7. The van der Waals surface area contributed by atoms with Crippen LogP contribution in [-0.2, 0) is 18.4 Å². The summed E-state index contributed by atoms with van der Waals surface area (Å²) in [6.07, 6.45) is 1.56. The smallest absolute Gasteiger partial charge is 0.262 e. The van der Waals surface area contributed by atoms with Crippen LogP contribution >= 0.6 is 0 Å². The van der Waals surface area contributed by atoms with Crippen LogP contribution in [0.2, 0.25) is 10.1 Å². The van der Waals surface area contributed by atoms with Crippen molar-refractivity contribution in [3.8, 4) is 0 Å². The summed E-state index contributed by atoms with van der Waals surface area (Å²) in [5, 5.41) is 4.10. The summed E-state index contributed by atoms with van der Waals surface area (Å²) in [4.78, 5) is 13.8. The highest BCUT2D eigenvalue weighted by atomic mass is 28.4. The van der Waals surface area contributed by atoms with E-state index in [1.165, 1.54) is 22.7 Å². The molecule has 0 aromatic heterocycles. The zero-order valence-electron chi connectivity index (χ0n) is 26.7. The van der Waals surface area contributed by atoms with Gasteiger partial charge >= 0.3 is 0 Å². The molecule has 5 rings (SSSR count). The van der Waals surface area contributed by atoms with E-state index in [1.54, 1.807) is 0 Å². The SMILES string of the molecule is CC(C)(C)[Si](OC[C@H]1OC=CC(=O)[C@H]1O[Si](c1ccccc1)(c1ccccc1)C(C)(C)C)(c1ccccc1)c1ccccc1. The monoisotopic (exact) mass is 620 g/mol. The van der Waals surface area contributed by atoms with Crippen LogP contribution in [0.4, 0.5) is 0 Å². The fraction of sp³-hybridized carbons (Fsp3) is 0.289. The van der Waals surface area contributed by atoms with E-state index in [4.69, 9.17) is 13.6 Å². The van der Waals surface area contributed by atoms with Gasteiger partial charge in [-0.15, -0.1) is 0 Å². The second kappa shape index (κ2) is 12.8. The molecule has 0 N–H and O–H groups in total. The number of ketones is 1. The van der Waals surface area contributed by atoms with E-state index >= 15 is 0 Å². The Balaban J connectivity index is 1.60. The predicted octanol–water partition coefficient (Wildman–Crippen LogP) is 5.99. The lowest BCUT2D eigenvalue weighted by atomic mass is 10.1. The zero-order chi connectivity index (χ0) is 31.4. The minimum absolute atomic E-state index is 0.0970. The third kappa shape index (κ3) is 5.92. The summed E-state index contributed by atoms with van der Waals surface area (Å²) in [7, 11) is -5.91. The van der Waals surface area contributed by atoms with Gasteiger partial charge < -0.3 is 13.6 Å². The lowest BCUT2D eigenvalue weighted by molar-refractivity contribution is -0.130. The number of carbonyl (C=O) groups is 1. The Labute approximate surface area is 265 Å². The van der Waals surface area contributed by atoms with Crippen LogP contribution in [0.25, 0.3) is 0 Å². The topological polar surface area (TPSA) is 44.8 Å². The van der Waals surface area contributed by atoms with Crippen molar-refractivity contribution in [1.29, 1.82) is 0 Å². The third-order valence-electron chi connectivity index (χ3n) is 8.71. The van der Waals surface area contributed by atoms with Gasteiger partial charge in [0.2, 0.25) is 0 Å². The van der Waals surface area contributed by atoms with Crippen LogP contribution < -0.4 is 20.7 Å². The molecule has 44 heavy (non-hydrogen) atoms. The highest BCUT2D eigenvalue weighted by molar-refractivity contribution is 7.00. The molecule has 4 nitrogen and oxygen atoms in total. The predicted molar refractivity (Wildman–Crippen MR) is 185 cm³/mol. The van der Waals surface area contributed by atoms with Crippen molar-refractivity contribution in [2.45, 2.75) is 63.8 Å². The third-order valence-corrected chi connectivity index (χ3v) is 18.7. The zero-order valence-corrected chi connectivity index (χ0v) is 28.7. The summed E-state index contributed by atoms with van der Waals surface area (Å²) in [6, 6.07) is 41.9. The first-order valence-corrected chi connectivity index (χ1v) is 19.2. The van der Waals surface area contributed by atoms with Crippen molar-refractivity contribution in [2.75, 3.05) is 6.61 Å². The second-order valence-electron chi connectivity index (χ2n) is 13.6. The van der Waals surface area contributed by atoms with Crippen LogP contribution in [0, 0.1) is 0 Å². The fourth-order valence-electron chi connectivity index (χ4n) is 6.67. The van der Waals surface area contributed by atoms with Gasteiger partial charge in [0.15, 0.2) is 11.9 Å². The average molecular weight is 621 g/mol. The van der Waals surface area contributed by atoms with Crippen LogP contribution in [0.5, 0.6) is 0 Å². The van der Waals surface area contributed by atoms with Crippen molar-refractivity contribution < 1.29 is 18.4 Å². The number of hydrogen-bond donors (Lipinski definition) is 0. The number of benzene rings is 4. The summed E-state index contributed by atoms with van der Waals surface area (Å²) in [6.45, 7) is 13.6. The maximum absolute atomic E-state index is 13.8. The molecular weight excluding hydrogens is 577 g/mol. The van der Waals surface area contributed by atoms with Crippen LogP contribution in [0.15, 0.2) is 134 Å². The molecule has 1 aliphatic rings. The Hall–Kier alpha value is -3.56. The minimum atomic E-state index is -3.04. The van der Waals surface area contributed by atoms with Crippen molar-refractivity contribution in [1.82, 2.24) is 0 Å². The molecule has 0 radical (unpaired) electrons. The molecule has 228 valence electrons. The molecule has 4 aromatic carbocycles. The first-order valence-electron chi connectivity index (χ1n) is 15.4. The van der Waals surface area contributed by atoms with Crippen molar-refractivity contribution in [2.24, 2.45) is 0 Å². The maximum Gasteiger partial charge on any atom is 0.262 e. The summed E-state index contributed by atoms with van der Waals surface area (Å²) in [5.41, 5.74) is 0. The molecule has 0 fully saturated rings. The number of carbonyl (C=O) groups excluding carboxylic acids is 1. The number of ether oxygens (including phenoxy) is 1. The van der Waals surface area contributed by atoms with Crippen LogP contribution in [0.1, 0.15) is 41.5 Å². The molecule has 1 heterocycles. The first-order chi connectivity index (χ1) is 21.0. The van der Waals surface area contributed by atoms with E-state index in [1.807, 2.05) is 24.3 Å². The van der Waals surface area contributed by atoms with Crippen LogP contribution in [-0.4, -0.2) is 41.2 Å². The van der Waals surface area contributed by atoms with Gasteiger partial charge in [-0.3, -0.25) is 4.79 Å². The average Bonchev–Trinajstić information content (AvgIpc) is 3.02. The molecule has 0 unspecified atom stereocenters. The highest BCUT2D eigenvalue weighted by Gasteiger charge is 2.55. The van der Waals surface area contributed by atoms with Gasteiger partial charge in [0, 0.05) is 6.08 Å². The number of rotatable bonds is 9. The van der Waals surface area contributed by atoms with Crippen molar-refractivity contribution in [3.63, 3.8) is 0 Å². The first kappa shape index (κ1) is 31.9. The molecule has 0 spiro atoms. The molecule has 4 aromatic rings. The molecule has 0 amide bonds. The van der Waals surface area contributed by atoms with Gasteiger partial charge in [-0.2, -0.15) is 0 Å². The number of hydrogen-bond acceptors (Lipinski definition) is 4. The maximum atomic E-state index is 13.8. The molecule has 0 saturated heterocycles. The van der Waals surface area contributed by atoms with E-state index in [2.05, 4.69) is 139 Å². The van der Waals surface area contributed by atoms with E-state index < -0.39 is 28.8 Å². The summed E-state index contributed by atoms with van der Waals surface area (Å²) >= 11 is 0. The Bertz CT molecular complexity index is 1460. The Morgan fingerprint density at radius 2 is 0.955 bits per heavy atom. The molecule has 1 aliphatic heterocycles. The van der Waals surface area contributed by atoms with E-state index in [0.29, 0.717) is 0 Å². The van der Waals surface area contributed by atoms with Gasteiger partial charge in [-0.1, -0.05) is 163 Å². The van der Waals surface area contributed by atoms with Gasteiger partial charge in [0.25, 0.3) is 16.6 Å². The van der Waals surface area contributed by atoms with E-state index in [-0.39, 0.29) is 22.5 Å². The molecule has 2 atom stereocenters. The van der Waals surface area contributed by atoms with E-state index in [0.717, 1.165) is 10.4 Å². The molecule has 0 bridgehead atoms. The Kier molecular flexibility index (Phi) is 9.28. The van der Waals surface area contributed by atoms with Crippen molar-refractivity contribution >= 4 is 43.2 Å². The van der Waals surface area contributed by atoms with E-state index in [9.17, 15) is 4.79 Å². The molecule has 0 saturated carbocycles. The highest BCUT2D eigenvalue weighted by Crippen LogP contribution is 2.40. The fourth-order valence-corrected chi connectivity index (χ4v) is 15.9. The molecule has 0 aliphatic carbocycles. The summed E-state index contributed by atoms with van der Waals surface area (Å²) < 4.78 is 20.9. The lowest BCUT2D eigenvalue weighted by Crippen LogP contribution is -2.70. The largest absolute Gasteiger partial charge is 0.492 e. The Morgan fingerprint density at radius 3 is 1.32 bits per heavy atom. The Morgan fingerprint density at radius 1 is 0.591 bits per heavy atom. The van der Waals surface area contributed by atoms with Gasteiger partial charge in [-0.05, 0) is 30.8 Å². The second-order valence-corrected chi connectivity index (χ2v) is 22.1. The van der Waals surface area contributed by atoms with Gasteiger partial charge in [-0.25, -0.2) is 0 Å².